The smallest absolute Gasteiger partial charge is 0.243 e. The van der Waals surface area contributed by atoms with Crippen LogP contribution >= 0.6 is 0 Å². The number of nitrogens with one attached hydrogen (secondary N) is 1. The van der Waals surface area contributed by atoms with Crippen LogP contribution in [-0.4, -0.2) is 31.5 Å². The molecular weight excluding hydrogens is 412 g/mol. The lowest BCUT2D eigenvalue weighted by Crippen LogP contribution is -2.40. The number of carbonyl (C=O) groups is 2. The first-order valence-corrected chi connectivity index (χ1v) is 12.2. The van der Waals surface area contributed by atoms with E-state index in [0.29, 0.717) is 24.3 Å². The first kappa shape index (κ1) is 21.7. The molecular formula is C24H28N2O4S. The van der Waals surface area contributed by atoms with Crippen LogP contribution < -0.4 is 5.32 Å². The minimum absolute atomic E-state index is 0.0240. The third-order valence-electron chi connectivity index (χ3n) is 6.50. The summed E-state index contributed by atoms with van der Waals surface area (Å²) in [5.41, 5.74) is 1.48. The quantitative estimate of drug-likeness (QED) is 0.740. The number of fused-ring (bicyclic) bond motifs is 2. The van der Waals surface area contributed by atoms with Gasteiger partial charge in [0.05, 0.1) is 4.90 Å². The highest BCUT2D eigenvalue weighted by Crippen LogP contribution is 2.40. The number of rotatable bonds is 6. The lowest BCUT2D eigenvalue weighted by atomic mass is 9.67. The molecule has 2 aromatic carbocycles. The van der Waals surface area contributed by atoms with Gasteiger partial charge < -0.3 is 5.32 Å². The van der Waals surface area contributed by atoms with Crippen LogP contribution in [0, 0.1) is 17.8 Å². The van der Waals surface area contributed by atoms with Crippen LogP contribution in [0.15, 0.2) is 59.5 Å². The Kier molecular flexibility index (Phi) is 6.25. The summed E-state index contributed by atoms with van der Waals surface area (Å²) in [6.45, 7) is 0.282. The number of sulfonamides is 1. The molecule has 1 amide bonds. The van der Waals surface area contributed by atoms with Gasteiger partial charge in [-0.3, -0.25) is 9.59 Å². The Hall–Kier alpha value is -2.51. The van der Waals surface area contributed by atoms with Gasteiger partial charge in [0.15, 0.2) is 0 Å². The van der Waals surface area contributed by atoms with Crippen LogP contribution in [0.1, 0.15) is 37.7 Å². The largest absolute Gasteiger partial charge is 0.326 e. The SMILES string of the molecule is CN(Cc1ccccc1)S(=O)(=O)c1ccc(NC(=O)C2CC3CCCC(C2)C3=O)cc1. The van der Waals surface area contributed by atoms with E-state index in [2.05, 4.69) is 5.32 Å². The molecule has 7 heteroatoms. The average molecular weight is 441 g/mol. The van der Waals surface area contributed by atoms with Crippen molar-refractivity contribution in [3.8, 4) is 0 Å². The van der Waals surface area contributed by atoms with Crippen molar-refractivity contribution in [2.75, 3.05) is 12.4 Å². The summed E-state index contributed by atoms with van der Waals surface area (Å²) in [6.07, 6.45) is 4.10. The van der Waals surface area contributed by atoms with Gasteiger partial charge in [0.2, 0.25) is 15.9 Å². The number of anilines is 1. The summed E-state index contributed by atoms with van der Waals surface area (Å²) in [6, 6.07) is 15.7. The van der Waals surface area contributed by atoms with Gasteiger partial charge >= 0.3 is 0 Å². The van der Waals surface area contributed by atoms with E-state index in [4.69, 9.17) is 0 Å². The number of amides is 1. The predicted molar refractivity (Wildman–Crippen MR) is 119 cm³/mol. The predicted octanol–water partition coefficient (Wildman–Crippen LogP) is 3.84. The zero-order valence-electron chi connectivity index (χ0n) is 17.7. The number of hydrogen-bond donors (Lipinski definition) is 1. The summed E-state index contributed by atoms with van der Waals surface area (Å²) in [5, 5.41) is 2.90. The molecule has 2 saturated carbocycles. The number of hydrogen-bond acceptors (Lipinski definition) is 4. The van der Waals surface area contributed by atoms with Crippen molar-refractivity contribution in [1.82, 2.24) is 4.31 Å². The topological polar surface area (TPSA) is 83.6 Å². The summed E-state index contributed by atoms with van der Waals surface area (Å²) in [4.78, 5) is 25.2. The van der Waals surface area contributed by atoms with Crippen molar-refractivity contribution >= 4 is 27.4 Å². The van der Waals surface area contributed by atoms with Gasteiger partial charge in [-0.15, -0.1) is 0 Å². The van der Waals surface area contributed by atoms with Crippen LogP contribution in [0.2, 0.25) is 0 Å². The van der Waals surface area contributed by atoms with Gasteiger partial charge in [-0.25, -0.2) is 8.42 Å². The highest BCUT2D eigenvalue weighted by atomic mass is 32.2. The van der Waals surface area contributed by atoms with E-state index in [0.717, 1.165) is 24.8 Å². The molecule has 2 bridgehead atoms. The van der Waals surface area contributed by atoms with E-state index < -0.39 is 10.0 Å². The fourth-order valence-corrected chi connectivity index (χ4v) is 5.91. The van der Waals surface area contributed by atoms with Crippen molar-refractivity contribution < 1.29 is 18.0 Å². The molecule has 0 saturated heterocycles. The fraction of sp³-hybridized carbons (Fsp3) is 0.417. The first-order valence-electron chi connectivity index (χ1n) is 10.8. The number of carbonyl (C=O) groups excluding carboxylic acids is 2. The standard InChI is InChI=1S/C24H28N2O4S/c1-26(16-17-6-3-2-4-7-17)31(29,30)22-12-10-21(11-13-22)25-24(28)20-14-18-8-5-9-19(15-20)23(18)27/h2-4,6-7,10-13,18-20H,5,8-9,14-16H2,1H3,(H,25,28). The Bertz CT molecular complexity index is 1030. The van der Waals surface area contributed by atoms with E-state index in [9.17, 15) is 18.0 Å². The summed E-state index contributed by atoms with van der Waals surface area (Å²) in [5.74, 6) is 0.144. The van der Waals surface area contributed by atoms with Crippen molar-refractivity contribution in [2.24, 2.45) is 17.8 Å². The molecule has 0 aromatic heterocycles. The van der Waals surface area contributed by atoms with Gasteiger partial charge in [-0.2, -0.15) is 4.31 Å². The van der Waals surface area contributed by atoms with E-state index in [1.54, 1.807) is 19.2 Å². The van der Waals surface area contributed by atoms with Crippen LogP contribution in [0.25, 0.3) is 0 Å². The maximum Gasteiger partial charge on any atom is 0.243 e. The Morgan fingerprint density at radius 3 is 2.23 bits per heavy atom. The van der Waals surface area contributed by atoms with E-state index in [-0.39, 0.29) is 35.1 Å². The summed E-state index contributed by atoms with van der Waals surface area (Å²) < 4.78 is 27.0. The molecule has 4 rings (SSSR count). The summed E-state index contributed by atoms with van der Waals surface area (Å²) >= 11 is 0. The number of Topliss-reactive ketones (excluding diaryl/α,β-unsaturated/α-hetero) is 1. The minimum Gasteiger partial charge on any atom is -0.326 e. The second-order valence-electron chi connectivity index (χ2n) is 8.66. The lowest BCUT2D eigenvalue weighted by Gasteiger charge is -2.36. The van der Waals surface area contributed by atoms with Gasteiger partial charge in [0.25, 0.3) is 0 Å². The van der Waals surface area contributed by atoms with Crippen LogP contribution in [0.4, 0.5) is 5.69 Å². The molecule has 0 radical (unpaired) electrons. The number of ketones is 1. The van der Waals surface area contributed by atoms with E-state index in [1.807, 2.05) is 30.3 Å². The number of nitrogens with zero attached hydrogens (tertiary/aromatic N) is 1. The average Bonchev–Trinajstić information content (AvgIpc) is 2.74. The Morgan fingerprint density at radius 1 is 1.00 bits per heavy atom. The summed E-state index contributed by atoms with van der Waals surface area (Å²) in [7, 11) is -2.08. The van der Waals surface area contributed by atoms with Gasteiger partial charge in [-0.05, 0) is 55.5 Å². The molecule has 2 atom stereocenters. The van der Waals surface area contributed by atoms with Gasteiger partial charge in [-0.1, -0.05) is 36.8 Å². The van der Waals surface area contributed by atoms with Crippen LogP contribution in [-0.2, 0) is 26.2 Å². The molecule has 0 spiro atoms. The van der Waals surface area contributed by atoms with Crippen molar-refractivity contribution in [2.45, 2.75) is 43.5 Å². The monoisotopic (exact) mass is 440 g/mol. The van der Waals surface area contributed by atoms with E-state index in [1.165, 1.54) is 16.4 Å². The van der Waals surface area contributed by atoms with Crippen molar-refractivity contribution in [3.63, 3.8) is 0 Å². The van der Waals surface area contributed by atoms with Crippen LogP contribution in [0.5, 0.6) is 0 Å². The first-order chi connectivity index (χ1) is 14.8. The molecule has 1 N–H and O–H groups in total. The fourth-order valence-electron chi connectivity index (χ4n) is 4.75. The maximum atomic E-state index is 12.9. The second kappa shape index (κ2) is 8.93. The lowest BCUT2D eigenvalue weighted by molar-refractivity contribution is -0.136. The molecule has 164 valence electrons. The second-order valence-corrected chi connectivity index (χ2v) is 10.7. The minimum atomic E-state index is -3.64. The third kappa shape index (κ3) is 4.72. The molecule has 0 aliphatic heterocycles. The molecule has 2 aliphatic carbocycles. The Balaban J connectivity index is 1.39. The molecule has 2 aromatic rings. The van der Waals surface area contributed by atoms with Gasteiger partial charge in [0.1, 0.15) is 5.78 Å². The molecule has 6 nitrogen and oxygen atoms in total. The molecule has 2 aliphatic rings. The Labute approximate surface area is 183 Å². The van der Waals surface area contributed by atoms with Crippen molar-refractivity contribution in [1.29, 1.82) is 0 Å². The third-order valence-corrected chi connectivity index (χ3v) is 8.31. The zero-order valence-corrected chi connectivity index (χ0v) is 18.5. The van der Waals surface area contributed by atoms with Crippen LogP contribution in [0.3, 0.4) is 0 Å². The van der Waals surface area contributed by atoms with Gasteiger partial charge in [0, 0.05) is 37.0 Å². The molecule has 31 heavy (non-hydrogen) atoms. The zero-order chi connectivity index (χ0) is 22.0. The normalized spacial score (nSPS) is 23.5. The molecule has 2 unspecified atom stereocenters. The number of benzene rings is 2. The maximum absolute atomic E-state index is 12.9. The van der Waals surface area contributed by atoms with Crippen molar-refractivity contribution in [3.05, 3.63) is 60.2 Å². The molecule has 2 fully saturated rings. The highest BCUT2D eigenvalue weighted by molar-refractivity contribution is 7.89. The molecule has 0 heterocycles. The highest BCUT2D eigenvalue weighted by Gasteiger charge is 2.41. The van der Waals surface area contributed by atoms with E-state index >= 15 is 0 Å². The Morgan fingerprint density at radius 2 is 1.61 bits per heavy atom.